The first-order valence-electron chi connectivity index (χ1n) is 5.97. The summed E-state index contributed by atoms with van der Waals surface area (Å²) in [5.41, 5.74) is 1.42. The number of carbonyl (C=O) groups excluding carboxylic acids is 1. The average Bonchev–Trinajstić information content (AvgIpc) is 2.75. The van der Waals surface area contributed by atoms with Crippen molar-refractivity contribution in [1.82, 2.24) is 10.2 Å². The van der Waals surface area contributed by atoms with E-state index in [2.05, 4.69) is 15.5 Å². The van der Waals surface area contributed by atoms with Gasteiger partial charge in [0, 0.05) is 11.4 Å². The van der Waals surface area contributed by atoms with Crippen LogP contribution in [0.25, 0.3) is 0 Å². The molecule has 106 valence electrons. The highest BCUT2D eigenvalue weighted by Gasteiger charge is 2.19. The van der Waals surface area contributed by atoms with E-state index in [1.165, 1.54) is 18.2 Å². The van der Waals surface area contributed by atoms with E-state index in [0.717, 1.165) is 0 Å². The number of carbonyl (C=O) groups is 1. The fourth-order valence-corrected chi connectivity index (χ4v) is 1.86. The third kappa shape index (κ3) is 2.91. The van der Waals surface area contributed by atoms with E-state index in [4.69, 9.17) is 16.3 Å². The molecule has 0 fully saturated rings. The van der Waals surface area contributed by atoms with Crippen LogP contribution >= 0.6 is 11.6 Å². The van der Waals surface area contributed by atoms with E-state index in [9.17, 15) is 9.18 Å². The Hall–Kier alpha value is -2.08. The number of H-pyrrole nitrogens is 1. The third-order valence-electron chi connectivity index (χ3n) is 2.61. The molecular formula is C13H13ClFN3O2. The smallest absolute Gasteiger partial charge is 0.343 e. The first-order chi connectivity index (χ1) is 9.52. The monoisotopic (exact) mass is 297 g/mol. The zero-order valence-corrected chi connectivity index (χ0v) is 11.7. The molecule has 0 radical (unpaired) electrons. The maximum Gasteiger partial charge on any atom is 0.343 e. The van der Waals surface area contributed by atoms with Gasteiger partial charge in [0.15, 0.2) is 5.82 Å². The molecule has 2 aromatic rings. The van der Waals surface area contributed by atoms with E-state index in [0.29, 0.717) is 22.8 Å². The number of nitrogens with one attached hydrogen (secondary N) is 2. The van der Waals surface area contributed by atoms with Gasteiger partial charge in [-0.2, -0.15) is 5.10 Å². The molecule has 0 spiro atoms. The summed E-state index contributed by atoms with van der Waals surface area (Å²) in [5, 5.41) is 9.59. The van der Waals surface area contributed by atoms with Crippen molar-refractivity contribution in [2.45, 2.75) is 13.8 Å². The minimum Gasteiger partial charge on any atom is -0.462 e. The molecule has 1 aromatic carbocycles. The van der Waals surface area contributed by atoms with Gasteiger partial charge in [0.05, 0.1) is 11.6 Å². The Morgan fingerprint density at radius 1 is 1.55 bits per heavy atom. The molecule has 1 heterocycles. The van der Waals surface area contributed by atoms with Crippen LogP contribution in [0.3, 0.4) is 0 Å². The lowest BCUT2D eigenvalue weighted by Crippen LogP contribution is -2.08. The number of hydrogen-bond acceptors (Lipinski definition) is 4. The minimum atomic E-state index is -0.513. The number of anilines is 2. The molecule has 0 saturated heterocycles. The van der Waals surface area contributed by atoms with Crippen molar-refractivity contribution in [3.63, 3.8) is 0 Å². The maximum absolute atomic E-state index is 13.1. The molecule has 0 saturated carbocycles. The average molecular weight is 298 g/mol. The predicted octanol–water partition coefficient (Wildman–Crippen LogP) is 3.43. The summed E-state index contributed by atoms with van der Waals surface area (Å²) in [6.45, 7) is 3.70. The van der Waals surface area contributed by atoms with Gasteiger partial charge in [-0.15, -0.1) is 0 Å². The number of esters is 1. The molecular weight excluding hydrogens is 285 g/mol. The van der Waals surface area contributed by atoms with Crippen LogP contribution < -0.4 is 5.32 Å². The van der Waals surface area contributed by atoms with Crippen LogP contribution in [0.2, 0.25) is 5.02 Å². The van der Waals surface area contributed by atoms with Crippen molar-refractivity contribution in [2.24, 2.45) is 0 Å². The largest absolute Gasteiger partial charge is 0.462 e. The minimum absolute atomic E-state index is 0.0139. The van der Waals surface area contributed by atoms with Gasteiger partial charge in [0.1, 0.15) is 11.4 Å². The van der Waals surface area contributed by atoms with E-state index in [1.807, 2.05) is 0 Å². The molecule has 7 heteroatoms. The van der Waals surface area contributed by atoms with Crippen LogP contribution in [-0.2, 0) is 4.74 Å². The molecule has 0 unspecified atom stereocenters. The van der Waals surface area contributed by atoms with Crippen LogP contribution in [0.4, 0.5) is 15.9 Å². The zero-order chi connectivity index (χ0) is 14.7. The number of hydrogen-bond donors (Lipinski definition) is 2. The molecule has 0 aliphatic carbocycles. The fraction of sp³-hybridized carbons (Fsp3) is 0.231. The molecule has 5 nitrogen and oxygen atoms in total. The molecule has 1 aromatic heterocycles. The second kappa shape index (κ2) is 5.92. The molecule has 20 heavy (non-hydrogen) atoms. The first-order valence-corrected chi connectivity index (χ1v) is 6.35. The Balaban J connectivity index is 2.29. The van der Waals surface area contributed by atoms with Crippen LogP contribution in [-0.4, -0.2) is 22.8 Å². The highest BCUT2D eigenvalue weighted by atomic mass is 35.5. The van der Waals surface area contributed by atoms with Crippen molar-refractivity contribution in [3.05, 3.63) is 40.3 Å². The van der Waals surface area contributed by atoms with Gasteiger partial charge in [-0.3, -0.25) is 5.10 Å². The number of halogens is 2. The van der Waals surface area contributed by atoms with Gasteiger partial charge in [0.25, 0.3) is 0 Å². The predicted molar refractivity (Wildman–Crippen MR) is 74.0 cm³/mol. The van der Waals surface area contributed by atoms with Crippen LogP contribution in [0.15, 0.2) is 18.2 Å². The van der Waals surface area contributed by atoms with E-state index >= 15 is 0 Å². The summed E-state index contributed by atoms with van der Waals surface area (Å²) in [7, 11) is 0. The Bertz CT molecular complexity index is 643. The topological polar surface area (TPSA) is 67.0 Å². The second-order valence-electron chi connectivity index (χ2n) is 4.05. The lowest BCUT2D eigenvalue weighted by atomic mass is 10.2. The third-order valence-corrected chi connectivity index (χ3v) is 2.90. The number of nitrogens with zero attached hydrogens (tertiary/aromatic N) is 1. The van der Waals surface area contributed by atoms with Crippen molar-refractivity contribution in [2.75, 3.05) is 11.9 Å². The van der Waals surface area contributed by atoms with Gasteiger partial charge in [-0.1, -0.05) is 11.6 Å². The number of benzene rings is 1. The van der Waals surface area contributed by atoms with Gasteiger partial charge >= 0.3 is 5.97 Å². The van der Waals surface area contributed by atoms with Crippen LogP contribution in [0.1, 0.15) is 23.0 Å². The lowest BCUT2D eigenvalue weighted by Gasteiger charge is -2.07. The molecule has 0 bridgehead atoms. The quantitative estimate of drug-likeness (QED) is 0.849. The number of aromatic amines is 1. The van der Waals surface area contributed by atoms with E-state index in [1.54, 1.807) is 13.8 Å². The summed E-state index contributed by atoms with van der Waals surface area (Å²) in [6.07, 6.45) is 0. The zero-order valence-electron chi connectivity index (χ0n) is 11.0. The fourth-order valence-electron chi connectivity index (χ4n) is 1.68. The lowest BCUT2D eigenvalue weighted by molar-refractivity contribution is 0.0527. The summed E-state index contributed by atoms with van der Waals surface area (Å²) >= 11 is 5.70. The first kappa shape index (κ1) is 14.3. The van der Waals surface area contributed by atoms with Gasteiger partial charge in [-0.05, 0) is 32.0 Å². The Morgan fingerprint density at radius 3 is 2.95 bits per heavy atom. The van der Waals surface area contributed by atoms with E-state index in [-0.39, 0.29) is 11.6 Å². The molecule has 2 rings (SSSR count). The van der Waals surface area contributed by atoms with Gasteiger partial charge in [0.2, 0.25) is 0 Å². The molecule has 0 aliphatic heterocycles. The molecule has 0 aliphatic rings. The van der Waals surface area contributed by atoms with Crippen molar-refractivity contribution < 1.29 is 13.9 Å². The summed E-state index contributed by atoms with van der Waals surface area (Å²) in [6, 6.07) is 4.14. The molecule has 0 amide bonds. The van der Waals surface area contributed by atoms with Gasteiger partial charge < -0.3 is 10.1 Å². The number of aromatic nitrogens is 2. The maximum atomic E-state index is 13.1. The van der Waals surface area contributed by atoms with Crippen molar-refractivity contribution in [3.8, 4) is 0 Å². The number of ether oxygens (including phenoxy) is 1. The highest BCUT2D eigenvalue weighted by molar-refractivity contribution is 6.31. The normalized spacial score (nSPS) is 10.4. The summed E-state index contributed by atoms with van der Waals surface area (Å²) in [4.78, 5) is 11.9. The highest BCUT2D eigenvalue weighted by Crippen LogP contribution is 2.25. The standard InChI is InChI=1S/C13H13ClFN3O2/c1-3-20-13(19)11-7(2)17-18-12(11)16-8-4-5-10(15)9(14)6-8/h4-6H,3H2,1-2H3,(H2,16,17,18). The van der Waals surface area contributed by atoms with Gasteiger partial charge in [-0.25, -0.2) is 9.18 Å². The second-order valence-corrected chi connectivity index (χ2v) is 4.45. The Morgan fingerprint density at radius 2 is 2.30 bits per heavy atom. The van der Waals surface area contributed by atoms with Crippen molar-refractivity contribution in [1.29, 1.82) is 0 Å². The Kier molecular flexibility index (Phi) is 4.24. The van der Waals surface area contributed by atoms with Crippen LogP contribution in [0, 0.1) is 12.7 Å². The van der Waals surface area contributed by atoms with E-state index < -0.39 is 11.8 Å². The summed E-state index contributed by atoms with van der Waals surface area (Å²) < 4.78 is 18.1. The summed E-state index contributed by atoms with van der Waals surface area (Å²) in [5.74, 6) is -0.681. The van der Waals surface area contributed by atoms with Crippen LogP contribution in [0.5, 0.6) is 0 Å². The number of aryl methyl sites for hydroxylation is 1. The number of rotatable bonds is 4. The SMILES string of the molecule is CCOC(=O)c1c(Nc2ccc(F)c(Cl)c2)n[nH]c1C. The molecule has 2 N–H and O–H groups in total. The van der Waals surface area contributed by atoms with Crippen molar-refractivity contribution >= 4 is 29.1 Å². The Labute approximate surface area is 120 Å². The molecule has 0 atom stereocenters.